The van der Waals surface area contributed by atoms with Gasteiger partial charge in [0.05, 0.1) is 0 Å². The fourth-order valence-electron chi connectivity index (χ4n) is 2.49. The molecule has 1 aliphatic carbocycles. The predicted octanol–water partition coefficient (Wildman–Crippen LogP) is 3.77. The fraction of sp³-hybridized carbons (Fsp3) is 0.643. The van der Waals surface area contributed by atoms with E-state index in [9.17, 15) is 0 Å². The lowest BCUT2D eigenvalue weighted by atomic mass is 9.91. The number of nitrogens with two attached hydrogens (primary N) is 1. The molecule has 0 spiro atoms. The van der Waals surface area contributed by atoms with Crippen LogP contribution in [-0.2, 0) is 0 Å². The molecule has 2 N–H and O–H groups in total. The highest BCUT2D eigenvalue weighted by Gasteiger charge is 2.21. The molecule has 0 aromatic carbocycles. The second-order valence-corrected chi connectivity index (χ2v) is 6.49. The molecule has 2 unspecified atom stereocenters. The Hall–Kier alpha value is -0.540. The summed E-state index contributed by atoms with van der Waals surface area (Å²) in [7, 11) is 0. The van der Waals surface area contributed by atoms with Gasteiger partial charge >= 0.3 is 0 Å². The van der Waals surface area contributed by atoms with Crippen LogP contribution in [0.4, 0.5) is 0 Å². The summed E-state index contributed by atoms with van der Waals surface area (Å²) in [5.74, 6) is 0.865. The van der Waals surface area contributed by atoms with E-state index in [1.807, 2.05) is 30.9 Å². The Kier molecular flexibility index (Phi) is 4.46. The molecule has 0 amide bonds. The normalized spacial score (nSPS) is 26.8. The summed E-state index contributed by atoms with van der Waals surface area (Å²) in [4.78, 5) is 4.50. The Bertz CT molecular complexity index is 365. The highest BCUT2D eigenvalue weighted by atomic mass is 32.2. The van der Waals surface area contributed by atoms with E-state index in [4.69, 9.17) is 5.73 Å². The summed E-state index contributed by atoms with van der Waals surface area (Å²) in [5.41, 5.74) is 7.18. The smallest absolute Gasteiger partial charge is 0.101 e. The second-order valence-electron chi connectivity index (χ2n) is 5.20. The van der Waals surface area contributed by atoms with Crippen LogP contribution in [0, 0.1) is 5.92 Å². The van der Waals surface area contributed by atoms with Crippen LogP contribution in [0.1, 0.15) is 51.1 Å². The van der Waals surface area contributed by atoms with Crippen LogP contribution in [0.5, 0.6) is 0 Å². The molecule has 3 heteroatoms. The van der Waals surface area contributed by atoms with Crippen molar-refractivity contribution in [2.75, 3.05) is 0 Å². The van der Waals surface area contributed by atoms with E-state index in [0.717, 1.165) is 16.2 Å². The van der Waals surface area contributed by atoms with Crippen LogP contribution in [-0.4, -0.2) is 10.2 Å². The first kappa shape index (κ1) is 12.9. The van der Waals surface area contributed by atoms with Gasteiger partial charge in [-0.3, -0.25) is 0 Å². The van der Waals surface area contributed by atoms with Crippen LogP contribution < -0.4 is 5.73 Å². The Morgan fingerprint density at radius 3 is 3.00 bits per heavy atom. The van der Waals surface area contributed by atoms with E-state index in [-0.39, 0.29) is 6.04 Å². The number of hydrogen-bond donors (Lipinski definition) is 1. The average Bonchev–Trinajstić information content (AvgIpc) is 2.29. The summed E-state index contributed by atoms with van der Waals surface area (Å²) in [6.45, 7) is 4.39. The van der Waals surface area contributed by atoms with Gasteiger partial charge in [0.25, 0.3) is 0 Å². The van der Waals surface area contributed by atoms with Crippen LogP contribution >= 0.6 is 11.8 Å². The molecule has 3 atom stereocenters. The lowest BCUT2D eigenvalue weighted by Gasteiger charge is -2.26. The molecule has 2 nitrogen and oxygen atoms in total. The Morgan fingerprint density at radius 1 is 1.47 bits per heavy atom. The van der Waals surface area contributed by atoms with Crippen LogP contribution in [0.25, 0.3) is 0 Å². The van der Waals surface area contributed by atoms with Gasteiger partial charge in [0.2, 0.25) is 0 Å². The Balaban J connectivity index is 2.07. The van der Waals surface area contributed by atoms with E-state index in [1.165, 1.54) is 31.2 Å². The van der Waals surface area contributed by atoms with E-state index in [0.29, 0.717) is 0 Å². The maximum Gasteiger partial charge on any atom is 0.101 e. The molecule has 1 aromatic rings. The molecule has 1 heterocycles. The van der Waals surface area contributed by atoms with Crippen molar-refractivity contribution in [1.29, 1.82) is 0 Å². The maximum atomic E-state index is 5.99. The summed E-state index contributed by atoms with van der Waals surface area (Å²) in [6, 6.07) is 4.16. The molecule has 1 aromatic heterocycles. The second kappa shape index (κ2) is 5.87. The van der Waals surface area contributed by atoms with Crippen LogP contribution in [0.15, 0.2) is 23.4 Å². The third-order valence-electron chi connectivity index (χ3n) is 3.46. The van der Waals surface area contributed by atoms with Gasteiger partial charge in [-0.25, -0.2) is 4.98 Å². The molecule has 1 saturated carbocycles. The Labute approximate surface area is 108 Å². The quantitative estimate of drug-likeness (QED) is 0.887. The summed E-state index contributed by atoms with van der Waals surface area (Å²) >= 11 is 1.93. The highest BCUT2D eigenvalue weighted by Crippen LogP contribution is 2.37. The van der Waals surface area contributed by atoms with E-state index in [2.05, 4.69) is 18.0 Å². The van der Waals surface area contributed by atoms with Crippen LogP contribution in [0.3, 0.4) is 0 Å². The van der Waals surface area contributed by atoms with Crippen molar-refractivity contribution in [3.63, 3.8) is 0 Å². The third-order valence-corrected chi connectivity index (χ3v) is 4.78. The molecule has 0 aliphatic heterocycles. The lowest BCUT2D eigenvalue weighted by molar-refractivity contribution is 0.394. The molecule has 1 aliphatic rings. The van der Waals surface area contributed by atoms with Gasteiger partial charge in [0.15, 0.2) is 0 Å². The zero-order valence-corrected chi connectivity index (χ0v) is 11.5. The summed E-state index contributed by atoms with van der Waals surface area (Å²) in [6.07, 6.45) is 7.27. The minimum atomic E-state index is 0.0761. The van der Waals surface area contributed by atoms with E-state index in [1.54, 1.807) is 0 Å². The van der Waals surface area contributed by atoms with Crippen molar-refractivity contribution in [3.8, 4) is 0 Å². The van der Waals surface area contributed by atoms with Crippen molar-refractivity contribution >= 4 is 11.8 Å². The number of aromatic nitrogens is 1. The molecule has 0 bridgehead atoms. The van der Waals surface area contributed by atoms with E-state index >= 15 is 0 Å². The molecule has 0 saturated heterocycles. The Morgan fingerprint density at radius 2 is 2.29 bits per heavy atom. The lowest BCUT2D eigenvalue weighted by Crippen LogP contribution is -2.16. The minimum Gasteiger partial charge on any atom is -0.324 e. The first-order valence-corrected chi connectivity index (χ1v) is 7.42. The molecule has 17 heavy (non-hydrogen) atoms. The van der Waals surface area contributed by atoms with Gasteiger partial charge in [-0.2, -0.15) is 0 Å². The fourth-order valence-corrected chi connectivity index (χ4v) is 4.03. The SMILES string of the molecule is CC1CCCC(Sc2ncccc2[C@@H](C)N)C1. The summed E-state index contributed by atoms with van der Waals surface area (Å²) < 4.78 is 0. The topological polar surface area (TPSA) is 38.9 Å². The molecule has 1 fully saturated rings. The number of hydrogen-bond acceptors (Lipinski definition) is 3. The summed E-state index contributed by atoms with van der Waals surface area (Å²) in [5, 5.41) is 1.87. The first-order valence-electron chi connectivity index (χ1n) is 6.54. The predicted molar refractivity (Wildman–Crippen MR) is 74.1 cm³/mol. The van der Waals surface area contributed by atoms with Crippen molar-refractivity contribution in [2.45, 2.75) is 55.8 Å². The molecule has 94 valence electrons. The van der Waals surface area contributed by atoms with Gasteiger partial charge in [-0.1, -0.05) is 25.8 Å². The van der Waals surface area contributed by atoms with Crippen molar-refractivity contribution in [2.24, 2.45) is 11.7 Å². The molecular formula is C14H22N2S. The molecule has 2 rings (SSSR count). The average molecular weight is 250 g/mol. The first-order chi connectivity index (χ1) is 8.16. The van der Waals surface area contributed by atoms with E-state index < -0.39 is 0 Å². The van der Waals surface area contributed by atoms with Gasteiger partial charge in [0, 0.05) is 23.1 Å². The monoisotopic (exact) mass is 250 g/mol. The van der Waals surface area contributed by atoms with Crippen molar-refractivity contribution < 1.29 is 0 Å². The number of nitrogens with zero attached hydrogens (tertiary/aromatic N) is 1. The van der Waals surface area contributed by atoms with Crippen molar-refractivity contribution in [1.82, 2.24) is 4.98 Å². The zero-order valence-electron chi connectivity index (χ0n) is 10.7. The van der Waals surface area contributed by atoms with Gasteiger partial charge in [-0.05, 0) is 31.7 Å². The minimum absolute atomic E-state index is 0.0761. The van der Waals surface area contributed by atoms with Gasteiger partial charge < -0.3 is 5.73 Å². The van der Waals surface area contributed by atoms with Gasteiger partial charge in [0.1, 0.15) is 5.03 Å². The molecule has 0 radical (unpaired) electrons. The zero-order chi connectivity index (χ0) is 12.3. The number of thioether (sulfide) groups is 1. The van der Waals surface area contributed by atoms with Crippen LogP contribution in [0.2, 0.25) is 0 Å². The standard InChI is InChI=1S/C14H22N2S/c1-10-5-3-6-12(9-10)17-14-13(11(2)15)7-4-8-16-14/h4,7-8,10-12H,3,5-6,9,15H2,1-2H3/t10?,11-,12?/m1/s1. The maximum absolute atomic E-state index is 5.99. The van der Waals surface area contributed by atoms with Crippen molar-refractivity contribution in [3.05, 3.63) is 23.9 Å². The largest absolute Gasteiger partial charge is 0.324 e. The highest BCUT2D eigenvalue weighted by molar-refractivity contribution is 7.99. The molecular weight excluding hydrogens is 228 g/mol. The number of pyridine rings is 1. The number of rotatable bonds is 3. The van der Waals surface area contributed by atoms with Gasteiger partial charge in [-0.15, -0.1) is 11.8 Å². The third kappa shape index (κ3) is 3.46.